The number of ether oxygens (including phenoxy) is 2. The average Bonchev–Trinajstić information content (AvgIpc) is 2.73. The molecule has 0 radical (unpaired) electrons. The summed E-state index contributed by atoms with van der Waals surface area (Å²) < 4.78 is 53.1. The Hall–Kier alpha value is -3.06. The number of nitrogens with zero attached hydrogens (tertiary/aromatic N) is 1. The van der Waals surface area contributed by atoms with Gasteiger partial charge in [0.25, 0.3) is 10.0 Å². The van der Waals surface area contributed by atoms with E-state index >= 15 is 0 Å². The van der Waals surface area contributed by atoms with Crippen LogP contribution in [0.5, 0.6) is 11.5 Å². The molecule has 30 heavy (non-hydrogen) atoms. The molecule has 3 aromatic carbocycles. The SMILES string of the molecule is COc1ccc(N(Cc2cccc(C)c2)S(=O)(=O)c2cc(F)ccc2C)cc1OC. The van der Waals surface area contributed by atoms with E-state index in [1.54, 1.807) is 25.1 Å². The second-order valence-electron chi connectivity index (χ2n) is 6.95. The second-order valence-corrected chi connectivity index (χ2v) is 8.78. The van der Waals surface area contributed by atoms with E-state index in [0.717, 1.165) is 17.2 Å². The Morgan fingerprint density at radius 3 is 2.30 bits per heavy atom. The van der Waals surface area contributed by atoms with Gasteiger partial charge in [-0.2, -0.15) is 0 Å². The minimum Gasteiger partial charge on any atom is -0.493 e. The molecule has 0 bridgehead atoms. The van der Waals surface area contributed by atoms with Crippen molar-refractivity contribution in [1.29, 1.82) is 0 Å². The quantitative estimate of drug-likeness (QED) is 0.539. The van der Waals surface area contributed by atoms with Gasteiger partial charge >= 0.3 is 0 Å². The summed E-state index contributed by atoms with van der Waals surface area (Å²) >= 11 is 0. The average molecular weight is 430 g/mol. The summed E-state index contributed by atoms with van der Waals surface area (Å²) in [5.41, 5.74) is 2.67. The lowest BCUT2D eigenvalue weighted by molar-refractivity contribution is 0.355. The number of hydrogen-bond donors (Lipinski definition) is 0. The number of rotatable bonds is 7. The van der Waals surface area contributed by atoms with Crippen molar-refractivity contribution in [2.75, 3.05) is 18.5 Å². The second kappa shape index (κ2) is 8.75. The summed E-state index contributed by atoms with van der Waals surface area (Å²) in [6, 6.07) is 16.2. The molecule has 0 saturated carbocycles. The molecule has 0 amide bonds. The molecule has 0 fully saturated rings. The summed E-state index contributed by atoms with van der Waals surface area (Å²) in [7, 11) is -1.07. The van der Waals surface area contributed by atoms with E-state index in [2.05, 4.69) is 0 Å². The molecule has 0 aliphatic rings. The van der Waals surface area contributed by atoms with E-state index in [0.29, 0.717) is 22.7 Å². The molecule has 0 heterocycles. The maximum Gasteiger partial charge on any atom is 0.264 e. The van der Waals surface area contributed by atoms with Crippen molar-refractivity contribution >= 4 is 15.7 Å². The molecule has 0 atom stereocenters. The van der Waals surface area contributed by atoms with E-state index in [1.165, 1.54) is 30.7 Å². The summed E-state index contributed by atoms with van der Waals surface area (Å²) in [5, 5.41) is 0. The molecule has 0 spiro atoms. The van der Waals surface area contributed by atoms with Crippen molar-refractivity contribution in [3.05, 3.63) is 83.2 Å². The number of benzene rings is 3. The van der Waals surface area contributed by atoms with Gasteiger partial charge in [-0.1, -0.05) is 35.9 Å². The zero-order valence-corrected chi connectivity index (χ0v) is 18.2. The Bertz CT molecular complexity index is 1160. The van der Waals surface area contributed by atoms with Gasteiger partial charge in [-0.3, -0.25) is 4.31 Å². The van der Waals surface area contributed by atoms with Crippen LogP contribution in [0.1, 0.15) is 16.7 Å². The molecule has 7 heteroatoms. The minimum atomic E-state index is -4.07. The van der Waals surface area contributed by atoms with Crippen molar-refractivity contribution < 1.29 is 22.3 Å². The molecule has 0 unspecified atom stereocenters. The number of halogens is 1. The zero-order chi connectivity index (χ0) is 21.9. The summed E-state index contributed by atoms with van der Waals surface area (Å²) in [4.78, 5) is -0.0788. The van der Waals surface area contributed by atoms with Gasteiger partial charge in [0.15, 0.2) is 11.5 Å². The number of aryl methyl sites for hydroxylation is 2. The number of sulfonamides is 1. The summed E-state index contributed by atoms with van der Waals surface area (Å²) in [6.07, 6.45) is 0. The summed E-state index contributed by atoms with van der Waals surface area (Å²) in [6.45, 7) is 3.66. The van der Waals surface area contributed by atoms with Crippen LogP contribution >= 0.6 is 0 Å². The highest BCUT2D eigenvalue weighted by Crippen LogP contribution is 2.35. The minimum absolute atomic E-state index is 0.0788. The lowest BCUT2D eigenvalue weighted by Gasteiger charge is -2.26. The maximum atomic E-state index is 13.9. The Morgan fingerprint density at radius 1 is 0.900 bits per heavy atom. The first-order valence-electron chi connectivity index (χ1n) is 9.32. The molecule has 0 aromatic heterocycles. The highest BCUT2D eigenvalue weighted by Gasteiger charge is 2.28. The molecule has 3 aromatic rings. The first-order valence-corrected chi connectivity index (χ1v) is 10.8. The van der Waals surface area contributed by atoms with Gasteiger partial charge in [0.1, 0.15) is 5.82 Å². The summed E-state index contributed by atoms with van der Waals surface area (Å²) in [5.74, 6) is 0.272. The fourth-order valence-electron chi connectivity index (χ4n) is 3.24. The van der Waals surface area contributed by atoms with Gasteiger partial charge in [0.05, 0.1) is 31.3 Å². The van der Waals surface area contributed by atoms with Gasteiger partial charge in [-0.25, -0.2) is 12.8 Å². The lowest BCUT2D eigenvalue weighted by Crippen LogP contribution is -2.31. The standard InChI is InChI=1S/C23H24FNO4S/c1-16-6-5-7-18(12-16)15-25(20-10-11-21(28-3)22(14-20)29-4)30(26,27)23-13-19(24)9-8-17(23)2/h5-14H,15H2,1-4H3. The van der Waals surface area contributed by atoms with E-state index in [9.17, 15) is 12.8 Å². The first kappa shape index (κ1) is 21.6. The van der Waals surface area contributed by atoms with Gasteiger partial charge in [0, 0.05) is 6.07 Å². The van der Waals surface area contributed by atoms with Crippen LogP contribution in [0.15, 0.2) is 65.6 Å². The molecule has 158 valence electrons. The third-order valence-corrected chi connectivity index (χ3v) is 6.70. The topological polar surface area (TPSA) is 55.8 Å². The fraction of sp³-hybridized carbons (Fsp3) is 0.217. The first-order chi connectivity index (χ1) is 14.3. The predicted octanol–water partition coefficient (Wildman–Crippen LogP) is 4.86. The van der Waals surface area contributed by atoms with E-state index in [-0.39, 0.29) is 11.4 Å². The van der Waals surface area contributed by atoms with Crippen LogP contribution in [0.2, 0.25) is 0 Å². The van der Waals surface area contributed by atoms with Crippen molar-refractivity contribution in [2.24, 2.45) is 0 Å². The zero-order valence-electron chi connectivity index (χ0n) is 17.3. The molecular weight excluding hydrogens is 405 g/mol. The van der Waals surface area contributed by atoms with Crippen LogP contribution in [0.25, 0.3) is 0 Å². The largest absolute Gasteiger partial charge is 0.493 e. The molecule has 3 rings (SSSR count). The molecule has 0 aliphatic carbocycles. The van der Waals surface area contributed by atoms with Crippen LogP contribution in [-0.4, -0.2) is 22.6 Å². The van der Waals surface area contributed by atoms with E-state index < -0.39 is 15.8 Å². The Morgan fingerprint density at radius 2 is 1.63 bits per heavy atom. The van der Waals surface area contributed by atoms with Crippen molar-refractivity contribution in [1.82, 2.24) is 0 Å². The lowest BCUT2D eigenvalue weighted by atomic mass is 10.1. The van der Waals surface area contributed by atoms with Crippen molar-refractivity contribution in [3.63, 3.8) is 0 Å². The predicted molar refractivity (Wildman–Crippen MR) is 115 cm³/mol. The van der Waals surface area contributed by atoms with Crippen LogP contribution < -0.4 is 13.8 Å². The van der Waals surface area contributed by atoms with Gasteiger partial charge in [-0.05, 0) is 49.2 Å². The Kier molecular flexibility index (Phi) is 6.31. The Balaban J connectivity index is 2.18. The molecular formula is C23H24FNO4S. The number of hydrogen-bond acceptors (Lipinski definition) is 4. The van der Waals surface area contributed by atoms with Crippen molar-refractivity contribution in [2.45, 2.75) is 25.3 Å². The number of anilines is 1. The van der Waals surface area contributed by atoms with Crippen LogP contribution in [0, 0.1) is 19.7 Å². The highest BCUT2D eigenvalue weighted by molar-refractivity contribution is 7.92. The fourth-order valence-corrected chi connectivity index (χ4v) is 4.93. The van der Waals surface area contributed by atoms with E-state index in [4.69, 9.17) is 9.47 Å². The normalized spacial score (nSPS) is 11.2. The van der Waals surface area contributed by atoms with Crippen molar-refractivity contribution in [3.8, 4) is 11.5 Å². The maximum absolute atomic E-state index is 13.9. The van der Waals surface area contributed by atoms with Gasteiger partial charge in [0.2, 0.25) is 0 Å². The highest BCUT2D eigenvalue weighted by atomic mass is 32.2. The molecule has 0 aliphatic heterocycles. The third-order valence-electron chi connectivity index (χ3n) is 4.78. The Labute approximate surface area is 176 Å². The number of methoxy groups -OCH3 is 2. The third kappa shape index (κ3) is 4.41. The van der Waals surface area contributed by atoms with Gasteiger partial charge in [-0.15, -0.1) is 0 Å². The van der Waals surface area contributed by atoms with E-state index in [1.807, 2.05) is 31.2 Å². The molecule has 5 nitrogen and oxygen atoms in total. The molecule has 0 saturated heterocycles. The van der Waals surface area contributed by atoms with Crippen LogP contribution in [-0.2, 0) is 16.6 Å². The van der Waals surface area contributed by atoms with Crippen LogP contribution in [0.4, 0.5) is 10.1 Å². The molecule has 0 N–H and O–H groups in total. The van der Waals surface area contributed by atoms with Gasteiger partial charge < -0.3 is 9.47 Å². The monoisotopic (exact) mass is 429 g/mol. The smallest absolute Gasteiger partial charge is 0.264 e. The van der Waals surface area contributed by atoms with Crippen LogP contribution in [0.3, 0.4) is 0 Å².